The van der Waals surface area contributed by atoms with E-state index >= 15 is 0 Å². The van der Waals surface area contributed by atoms with Crippen molar-refractivity contribution in [1.82, 2.24) is 10.2 Å². The van der Waals surface area contributed by atoms with Crippen LogP contribution in [-0.2, 0) is 11.2 Å². The van der Waals surface area contributed by atoms with Crippen LogP contribution in [0.5, 0.6) is 0 Å². The Labute approximate surface area is 137 Å². The van der Waals surface area contributed by atoms with Crippen molar-refractivity contribution in [2.24, 2.45) is 0 Å². The molecule has 0 radical (unpaired) electrons. The lowest BCUT2D eigenvalue weighted by Crippen LogP contribution is -2.17. The minimum absolute atomic E-state index is 0.0407. The van der Waals surface area contributed by atoms with E-state index < -0.39 is 0 Å². The highest BCUT2D eigenvalue weighted by atomic mass is 16.1. The summed E-state index contributed by atoms with van der Waals surface area (Å²) in [5.74, 6) is 0.0407. The van der Waals surface area contributed by atoms with E-state index in [9.17, 15) is 4.79 Å². The van der Waals surface area contributed by atoms with E-state index in [1.54, 1.807) is 0 Å². The van der Waals surface area contributed by atoms with Gasteiger partial charge in [0.1, 0.15) is 0 Å². The fourth-order valence-electron chi connectivity index (χ4n) is 3.14. The normalized spacial score (nSPS) is 14.3. The van der Waals surface area contributed by atoms with Gasteiger partial charge in [0, 0.05) is 36.6 Å². The van der Waals surface area contributed by atoms with Crippen molar-refractivity contribution in [3.8, 4) is 0 Å². The number of nitrogens with one attached hydrogen (secondary N) is 2. The van der Waals surface area contributed by atoms with Gasteiger partial charge in [0.25, 0.3) is 0 Å². The zero-order valence-corrected chi connectivity index (χ0v) is 13.9. The van der Waals surface area contributed by atoms with Gasteiger partial charge in [-0.3, -0.25) is 9.89 Å². The molecular formula is C18H24N4O. The van der Waals surface area contributed by atoms with Gasteiger partial charge in [-0.15, -0.1) is 0 Å². The topological polar surface area (TPSA) is 61.0 Å². The summed E-state index contributed by atoms with van der Waals surface area (Å²) in [6.07, 6.45) is 3.72. The van der Waals surface area contributed by atoms with Gasteiger partial charge >= 0.3 is 0 Å². The van der Waals surface area contributed by atoms with Crippen LogP contribution in [0.15, 0.2) is 24.3 Å². The molecule has 1 aliphatic heterocycles. The molecule has 1 aromatic carbocycles. The molecular weight excluding hydrogens is 288 g/mol. The Balaban J connectivity index is 1.53. The van der Waals surface area contributed by atoms with E-state index in [1.807, 2.05) is 26.0 Å². The quantitative estimate of drug-likeness (QED) is 0.891. The lowest BCUT2D eigenvalue weighted by atomic mass is 10.1. The van der Waals surface area contributed by atoms with Crippen molar-refractivity contribution in [3.63, 3.8) is 0 Å². The molecule has 5 heteroatoms. The molecule has 2 aromatic rings. The number of hydrogen-bond donors (Lipinski definition) is 2. The molecule has 0 spiro atoms. The standard InChI is InChI=1S/C18H24N4O/c1-13-17(14(2)21-20-13)9-10-18(23)19-15-5-7-16(8-6-15)22-11-3-4-12-22/h5-8H,3-4,9-12H2,1-2H3,(H,19,23)(H,20,21). The largest absolute Gasteiger partial charge is 0.372 e. The van der Waals surface area contributed by atoms with Crippen molar-refractivity contribution < 1.29 is 4.79 Å². The summed E-state index contributed by atoms with van der Waals surface area (Å²) in [5, 5.41) is 10.1. The van der Waals surface area contributed by atoms with Gasteiger partial charge in [0.15, 0.2) is 0 Å². The van der Waals surface area contributed by atoms with Crippen LogP contribution in [0.25, 0.3) is 0 Å². The summed E-state index contributed by atoms with van der Waals surface area (Å²) in [7, 11) is 0. The Morgan fingerprint density at radius 3 is 2.52 bits per heavy atom. The molecule has 0 bridgehead atoms. The maximum absolute atomic E-state index is 12.1. The first-order valence-electron chi connectivity index (χ1n) is 8.29. The van der Waals surface area contributed by atoms with E-state index in [-0.39, 0.29) is 5.91 Å². The number of carbonyl (C=O) groups is 1. The van der Waals surface area contributed by atoms with Crippen LogP contribution in [-0.4, -0.2) is 29.2 Å². The van der Waals surface area contributed by atoms with Crippen molar-refractivity contribution in [1.29, 1.82) is 0 Å². The van der Waals surface area contributed by atoms with E-state index in [4.69, 9.17) is 0 Å². The molecule has 1 amide bonds. The fraction of sp³-hybridized carbons (Fsp3) is 0.444. The Morgan fingerprint density at radius 2 is 1.91 bits per heavy atom. The lowest BCUT2D eigenvalue weighted by molar-refractivity contribution is -0.116. The first kappa shape index (κ1) is 15.6. The minimum Gasteiger partial charge on any atom is -0.372 e. The van der Waals surface area contributed by atoms with Gasteiger partial charge in [0.05, 0.1) is 5.69 Å². The van der Waals surface area contributed by atoms with Crippen molar-refractivity contribution >= 4 is 17.3 Å². The monoisotopic (exact) mass is 312 g/mol. The maximum Gasteiger partial charge on any atom is 0.224 e. The second-order valence-electron chi connectivity index (χ2n) is 6.20. The van der Waals surface area contributed by atoms with Gasteiger partial charge in [-0.05, 0) is 62.9 Å². The average molecular weight is 312 g/mol. The molecule has 5 nitrogen and oxygen atoms in total. The average Bonchev–Trinajstić information content (AvgIpc) is 3.17. The van der Waals surface area contributed by atoms with Gasteiger partial charge in [-0.2, -0.15) is 5.10 Å². The van der Waals surface area contributed by atoms with Crippen LogP contribution in [0.3, 0.4) is 0 Å². The SMILES string of the molecule is Cc1n[nH]c(C)c1CCC(=O)Nc1ccc(N2CCCC2)cc1. The third-order valence-electron chi connectivity index (χ3n) is 4.51. The number of benzene rings is 1. The zero-order chi connectivity index (χ0) is 16.2. The molecule has 23 heavy (non-hydrogen) atoms. The van der Waals surface area contributed by atoms with Crippen molar-refractivity contribution in [2.45, 2.75) is 39.5 Å². The Kier molecular flexibility index (Phi) is 4.65. The molecule has 1 fully saturated rings. The molecule has 2 heterocycles. The molecule has 1 aromatic heterocycles. The summed E-state index contributed by atoms with van der Waals surface area (Å²) < 4.78 is 0. The maximum atomic E-state index is 12.1. The highest BCUT2D eigenvalue weighted by Gasteiger charge is 2.12. The predicted octanol–water partition coefficient (Wildman–Crippen LogP) is 3.20. The first-order valence-corrected chi connectivity index (χ1v) is 8.29. The summed E-state index contributed by atoms with van der Waals surface area (Å²) >= 11 is 0. The number of aryl methyl sites for hydroxylation is 2. The number of nitrogens with zero attached hydrogens (tertiary/aromatic N) is 2. The third-order valence-corrected chi connectivity index (χ3v) is 4.51. The fourth-order valence-corrected chi connectivity index (χ4v) is 3.14. The third kappa shape index (κ3) is 3.73. The number of aromatic nitrogens is 2. The van der Waals surface area contributed by atoms with Crippen molar-refractivity contribution in [3.05, 3.63) is 41.2 Å². The number of rotatable bonds is 5. The zero-order valence-electron chi connectivity index (χ0n) is 13.9. The number of amides is 1. The second-order valence-corrected chi connectivity index (χ2v) is 6.20. The number of H-pyrrole nitrogens is 1. The van der Waals surface area contributed by atoms with E-state index in [2.05, 4.69) is 32.5 Å². The van der Waals surface area contributed by atoms with E-state index in [1.165, 1.54) is 18.5 Å². The number of carbonyl (C=O) groups excluding carboxylic acids is 1. The highest BCUT2D eigenvalue weighted by Crippen LogP contribution is 2.22. The van der Waals surface area contributed by atoms with Crippen LogP contribution < -0.4 is 10.2 Å². The van der Waals surface area contributed by atoms with Crippen LogP contribution in [0, 0.1) is 13.8 Å². The summed E-state index contributed by atoms with van der Waals surface area (Å²) in [6.45, 7) is 6.22. The first-order chi connectivity index (χ1) is 11.1. The van der Waals surface area contributed by atoms with Crippen LogP contribution >= 0.6 is 0 Å². The highest BCUT2D eigenvalue weighted by molar-refractivity contribution is 5.91. The van der Waals surface area contributed by atoms with Gasteiger partial charge in [0.2, 0.25) is 5.91 Å². The number of anilines is 2. The Bertz CT molecular complexity index is 649. The van der Waals surface area contributed by atoms with Gasteiger partial charge in [-0.1, -0.05) is 0 Å². The molecule has 2 N–H and O–H groups in total. The van der Waals surface area contributed by atoms with Gasteiger partial charge < -0.3 is 10.2 Å². The molecule has 0 saturated carbocycles. The molecule has 1 saturated heterocycles. The van der Waals surface area contributed by atoms with Crippen molar-refractivity contribution in [2.75, 3.05) is 23.3 Å². The molecule has 1 aliphatic rings. The number of aromatic amines is 1. The molecule has 0 aliphatic carbocycles. The second kappa shape index (κ2) is 6.86. The summed E-state index contributed by atoms with van der Waals surface area (Å²) in [5.41, 5.74) is 5.27. The minimum atomic E-state index is 0.0407. The molecule has 122 valence electrons. The van der Waals surface area contributed by atoms with E-state index in [0.717, 1.165) is 35.7 Å². The lowest BCUT2D eigenvalue weighted by Gasteiger charge is -2.17. The smallest absolute Gasteiger partial charge is 0.224 e. The van der Waals surface area contributed by atoms with E-state index in [0.29, 0.717) is 12.8 Å². The predicted molar refractivity (Wildman–Crippen MR) is 92.9 cm³/mol. The summed E-state index contributed by atoms with van der Waals surface area (Å²) in [4.78, 5) is 14.5. The summed E-state index contributed by atoms with van der Waals surface area (Å²) in [6, 6.07) is 8.15. The molecule has 0 atom stereocenters. The number of hydrogen-bond acceptors (Lipinski definition) is 3. The van der Waals surface area contributed by atoms with Crippen LogP contribution in [0.2, 0.25) is 0 Å². The Hall–Kier alpha value is -2.30. The molecule has 0 unspecified atom stereocenters. The van der Waals surface area contributed by atoms with Crippen LogP contribution in [0.1, 0.15) is 36.2 Å². The van der Waals surface area contributed by atoms with Crippen LogP contribution in [0.4, 0.5) is 11.4 Å². The molecule has 3 rings (SSSR count). The Morgan fingerprint density at radius 1 is 1.22 bits per heavy atom. The van der Waals surface area contributed by atoms with Gasteiger partial charge in [-0.25, -0.2) is 0 Å².